The molecule has 1 atom stereocenters. The third kappa shape index (κ3) is 4.36. The normalized spacial score (nSPS) is 18.2. The standard InChI is InChI=1S/C13H22N6O2S/c1-22-7-3-5-15-13(21)18-6-2-4-10(8-18)19-9-16-12(17-19)11(14)20/h9-10H,2-8H2,1H3,(H2,14,20)(H,15,21). The first-order valence-electron chi connectivity index (χ1n) is 7.34. The molecule has 3 N–H and O–H groups in total. The number of hydrogen-bond donors (Lipinski definition) is 2. The summed E-state index contributed by atoms with van der Waals surface area (Å²) in [6.07, 6.45) is 6.32. The average Bonchev–Trinajstić information content (AvgIpc) is 3.02. The third-order valence-corrected chi connectivity index (χ3v) is 4.29. The fourth-order valence-corrected chi connectivity index (χ4v) is 2.88. The van der Waals surface area contributed by atoms with Crippen molar-refractivity contribution < 1.29 is 9.59 Å². The number of likely N-dealkylation sites (tertiary alicyclic amines) is 1. The number of hydrogen-bond acceptors (Lipinski definition) is 5. The Morgan fingerprint density at radius 2 is 2.36 bits per heavy atom. The molecule has 0 spiro atoms. The number of aromatic nitrogens is 3. The van der Waals surface area contributed by atoms with Crippen molar-refractivity contribution in [2.45, 2.75) is 25.3 Å². The molecular formula is C13H22N6O2S. The largest absolute Gasteiger partial charge is 0.363 e. The summed E-state index contributed by atoms with van der Waals surface area (Å²) < 4.78 is 1.63. The molecule has 1 saturated heterocycles. The zero-order valence-electron chi connectivity index (χ0n) is 12.7. The molecule has 3 amide bonds. The van der Waals surface area contributed by atoms with E-state index in [0.29, 0.717) is 13.1 Å². The molecule has 9 heteroatoms. The van der Waals surface area contributed by atoms with Crippen molar-refractivity contribution in [2.24, 2.45) is 5.73 Å². The van der Waals surface area contributed by atoms with Crippen molar-refractivity contribution >= 4 is 23.7 Å². The Hall–Kier alpha value is -1.77. The van der Waals surface area contributed by atoms with Gasteiger partial charge in [-0.2, -0.15) is 11.8 Å². The highest BCUT2D eigenvalue weighted by atomic mass is 32.2. The molecule has 1 unspecified atom stereocenters. The number of amides is 3. The Kier molecular flexibility index (Phi) is 6.05. The second kappa shape index (κ2) is 8.02. The van der Waals surface area contributed by atoms with Gasteiger partial charge in [0.25, 0.3) is 5.91 Å². The molecular weight excluding hydrogens is 304 g/mol. The van der Waals surface area contributed by atoms with Crippen LogP contribution in [0.3, 0.4) is 0 Å². The van der Waals surface area contributed by atoms with Crippen LogP contribution >= 0.6 is 11.8 Å². The van der Waals surface area contributed by atoms with Crippen LogP contribution in [0.1, 0.15) is 35.9 Å². The van der Waals surface area contributed by atoms with Gasteiger partial charge in [-0.3, -0.25) is 4.79 Å². The van der Waals surface area contributed by atoms with Crippen molar-refractivity contribution in [1.82, 2.24) is 25.0 Å². The van der Waals surface area contributed by atoms with Gasteiger partial charge in [-0.25, -0.2) is 14.5 Å². The Balaban J connectivity index is 1.87. The molecule has 0 aliphatic carbocycles. The molecule has 8 nitrogen and oxygen atoms in total. The van der Waals surface area contributed by atoms with Gasteiger partial charge in [0, 0.05) is 19.6 Å². The van der Waals surface area contributed by atoms with E-state index in [1.54, 1.807) is 21.3 Å². The smallest absolute Gasteiger partial charge is 0.317 e. The number of urea groups is 1. The van der Waals surface area contributed by atoms with Crippen molar-refractivity contribution in [1.29, 1.82) is 0 Å². The van der Waals surface area contributed by atoms with Gasteiger partial charge >= 0.3 is 6.03 Å². The minimum Gasteiger partial charge on any atom is -0.363 e. The van der Waals surface area contributed by atoms with Gasteiger partial charge in [-0.1, -0.05) is 0 Å². The number of nitrogens with two attached hydrogens (primary N) is 1. The van der Waals surface area contributed by atoms with E-state index in [2.05, 4.69) is 21.7 Å². The highest BCUT2D eigenvalue weighted by Crippen LogP contribution is 2.20. The van der Waals surface area contributed by atoms with Gasteiger partial charge in [-0.15, -0.1) is 5.10 Å². The SMILES string of the molecule is CSCCCNC(=O)N1CCCC(n2cnc(C(N)=O)n2)C1. The molecule has 1 aliphatic heterocycles. The van der Waals surface area contributed by atoms with E-state index in [1.165, 1.54) is 6.33 Å². The lowest BCUT2D eigenvalue weighted by Crippen LogP contribution is -2.46. The molecule has 0 saturated carbocycles. The summed E-state index contributed by atoms with van der Waals surface area (Å²) in [5.41, 5.74) is 5.16. The number of rotatable bonds is 6. The number of piperidine rings is 1. The molecule has 22 heavy (non-hydrogen) atoms. The summed E-state index contributed by atoms with van der Waals surface area (Å²) in [5.74, 6) is 0.411. The summed E-state index contributed by atoms with van der Waals surface area (Å²) in [6, 6.07) is -0.00709. The second-order valence-electron chi connectivity index (χ2n) is 5.23. The molecule has 1 aliphatic rings. The zero-order chi connectivity index (χ0) is 15.9. The first-order valence-corrected chi connectivity index (χ1v) is 8.74. The van der Waals surface area contributed by atoms with Crippen LogP contribution in [-0.4, -0.2) is 63.2 Å². The maximum Gasteiger partial charge on any atom is 0.317 e. The molecule has 2 rings (SSSR count). The van der Waals surface area contributed by atoms with Gasteiger partial charge in [0.05, 0.1) is 6.04 Å². The van der Waals surface area contributed by atoms with Crippen LogP contribution in [0, 0.1) is 0 Å². The van der Waals surface area contributed by atoms with Crippen LogP contribution < -0.4 is 11.1 Å². The van der Waals surface area contributed by atoms with Crippen molar-refractivity contribution in [3.05, 3.63) is 12.2 Å². The van der Waals surface area contributed by atoms with E-state index >= 15 is 0 Å². The lowest BCUT2D eigenvalue weighted by molar-refractivity contribution is 0.0989. The minimum atomic E-state index is -0.641. The minimum absolute atomic E-state index is 0.0126. The summed E-state index contributed by atoms with van der Waals surface area (Å²) in [4.78, 5) is 28.9. The fraction of sp³-hybridized carbons (Fsp3) is 0.692. The van der Waals surface area contributed by atoms with E-state index in [0.717, 1.165) is 31.6 Å². The topological polar surface area (TPSA) is 106 Å². The van der Waals surface area contributed by atoms with E-state index in [9.17, 15) is 9.59 Å². The monoisotopic (exact) mass is 326 g/mol. The van der Waals surface area contributed by atoms with E-state index in [1.807, 2.05) is 0 Å². The predicted octanol–water partition coefficient (Wildman–Crippen LogP) is 0.477. The van der Waals surface area contributed by atoms with Gasteiger partial charge in [0.1, 0.15) is 6.33 Å². The van der Waals surface area contributed by atoms with Crippen LogP contribution in [0.25, 0.3) is 0 Å². The van der Waals surface area contributed by atoms with Gasteiger partial charge in [0.15, 0.2) is 0 Å². The molecule has 0 aromatic carbocycles. The number of primary amides is 1. The van der Waals surface area contributed by atoms with Crippen LogP contribution in [0.2, 0.25) is 0 Å². The van der Waals surface area contributed by atoms with Gasteiger partial charge in [0.2, 0.25) is 5.82 Å². The quantitative estimate of drug-likeness (QED) is 0.739. The molecule has 2 heterocycles. The fourth-order valence-electron chi connectivity index (χ4n) is 2.44. The Labute approximate surface area is 133 Å². The third-order valence-electron chi connectivity index (χ3n) is 3.59. The predicted molar refractivity (Wildman–Crippen MR) is 84.8 cm³/mol. The van der Waals surface area contributed by atoms with Crippen LogP contribution in [-0.2, 0) is 0 Å². The lowest BCUT2D eigenvalue weighted by atomic mass is 10.1. The summed E-state index contributed by atoms with van der Waals surface area (Å²) in [5, 5.41) is 7.02. The lowest BCUT2D eigenvalue weighted by Gasteiger charge is -2.32. The number of carbonyl (C=O) groups is 2. The van der Waals surface area contributed by atoms with Gasteiger partial charge < -0.3 is 16.0 Å². The molecule has 1 fully saturated rings. The Morgan fingerprint density at radius 3 is 3.05 bits per heavy atom. The molecule has 0 radical (unpaired) electrons. The Bertz CT molecular complexity index is 520. The average molecular weight is 326 g/mol. The molecule has 1 aromatic heterocycles. The first kappa shape index (κ1) is 16.6. The van der Waals surface area contributed by atoms with E-state index < -0.39 is 5.91 Å². The van der Waals surface area contributed by atoms with Crippen molar-refractivity contribution in [2.75, 3.05) is 31.6 Å². The number of thioether (sulfide) groups is 1. The summed E-state index contributed by atoms with van der Waals surface area (Å²) in [6.45, 7) is 1.99. The number of carbonyl (C=O) groups excluding carboxylic acids is 2. The highest BCUT2D eigenvalue weighted by molar-refractivity contribution is 7.98. The maximum absolute atomic E-state index is 12.1. The molecule has 122 valence electrons. The van der Waals surface area contributed by atoms with E-state index in [4.69, 9.17) is 5.73 Å². The van der Waals surface area contributed by atoms with Crippen LogP contribution in [0.5, 0.6) is 0 Å². The van der Waals surface area contributed by atoms with Gasteiger partial charge in [-0.05, 0) is 31.3 Å². The molecule has 0 bridgehead atoms. The van der Waals surface area contributed by atoms with Crippen molar-refractivity contribution in [3.63, 3.8) is 0 Å². The number of nitrogens with zero attached hydrogens (tertiary/aromatic N) is 4. The maximum atomic E-state index is 12.1. The first-order chi connectivity index (χ1) is 10.6. The highest BCUT2D eigenvalue weighted by Gasteiger charge is 2.25. The second-order valence-corrected chi connectivity index (χ2v) is 6.22. The zero-order valence-corrected chi connectivity index (χ0v) is 13.5. The molecule has 1 aromatic rings. The summed E-state index contributed by atoms with van der Waals surface area (Å²) in [7, 11) is 0. The van der Waals surface area contributed by atoms with E-state index in [-0.39, 0.29) is 17.9 Å². The Morgan fingerprint density at radius 1 is 1.55 bits per heavy atom. The number of nitrogens with one attached hydrogen (secondary N) is 1. The van der Waals surface area contributed by atoms with Crippen LogP contribution in [0.4, 0.5) is 4.79 Å². The van der Waals surface area contributed by atoms with Crippen LogP contribution in [0.15, 0.2) is 6.33 Å². The van der Waals surface area contributed by atoms with Crippen molar-refractivity contribution in [3.8, 4) is 0 Å². The summed E-state index contributed by atoms with van der Waals surface area (Å²) >= 11 is 1.77.